The monoisotopic (exact) mass is 440 g/mol. The molecule has 0 unspecified atom stereocenters. The zero-order valence-electron chi connectivity index (χ0n) is 18.1. The van der Waals surface area contributed by atoms with Gasteiger partial charge in [-0.3, -0.25) is 4.79 Å². The Balaban J connectivity index is 1.55. The normalized spacial score (nSPS) is 10.7. The summed E-state index contributed by atoms with van der Waals surface area (Å²) in [6, 6.07) is 14.8. The zero-order chi connectivity index (χ0) is 22.1. The van der Waals surface area contributed by atoms with Gasteiger partial charge in [-0.05, 0) is 37.3 Å². The number of ether oxygens (including phenoxy) is 3. The number of aromatic nitrogens is 1. The maximum atomic E-state index is 12.6. The predicted molar refractivity (Wildman–Crippen MR) is 122 cm³/mol. The van der Waals surface area contributed by atoms with E-state index in [9.17, 15) is 4.79 Å². The van der Waals surface area contributed by atoms with Crippen LogP contribution in [-0.2, 0) is 6.54 Å². The lowest BCUT2D eigenvalue weighted by Crippen LogP contribution is -2.23. The van der Waals surface area contributed by atoms with E-state index in [-0.39, 0.29) is 5.91 Å². The van der Waals surface area contributed by atoms with Crippen molar-refractivity contribution in [2.45, 2.75) is 33.2 Å². The Hall–Kier alpha value is -3.06. The Morgan fingerprint density at radius 1 is 1.03 bits per heavy atom. The largest absolute Gasteiger partial charge is 0.490 e. The Bertz CT molecular complexity index is 973. The van der Waals surface area contributed by atoms with Crippen LogP contribution in [-0.4, -0.2) is 30.7 Å². The molecule has 1 amide bonds. The van der Waals surface area contributed by atoms with Gasteiger partial charge in [-0.15, -0.1) is 11.3 Å². The van der Waals surface area contributed by atoms with Gasteiger partial charge in [0, 0.05) is 16.9 Å². The third-order valence-corrected chi connectivity index (χ3v) is 5.55. The number of para-hydroxylation sites is 1. The topological polar surface area (TPSA) is 69.7 Å². The van der Waals surface area contributed by atoms with Crippen molar-refractivity contribution in [1.29, 1.82) is 0 Å². The Morgan fingerprint density at radius 3 is 2.52 bits per heavy atom. The van der Waals surface area contributed by atoms with E-state index in [0.717, 1.165) is 16.5 Å². The Labute approximate surface area is 187 Å². The molecule has 1 heterocycles. The van der Waals surface area contributed by atoms with Gasteiger partial charge in [-0.1, -0.05) is 32.0 Å². The molecule has 1 aromatic heterocycles. The lowest BCUT2D eigenvalue weighted by atomic mass is 10.2. The molecular formula is C24H28N2O4S. The molecule has 0 aliphatic heterocycles. The summed E-state index contributed by atoms with van der Waals surface area (Å²) in [6.45, 7) is 7.73. The molecule has 0 spiro atoms. The van der Waals surface area contributed by atoms with Gasteiger partial charge in [0.25, 0.3) is 5.91 Å². The summed E-state index contributed by atoms with van der Waals surface area (Å²) < 4.78 is 17.1. The fraction of sp³-hybridized carbons (Fsp3) is 0.333. The average Bonchev–Trinajstić information content (AvgIpc) is 3.26. The number of carbonyl (C=O) groups excluding carboxylic acids is 1. The van der Waals surface area contributed by atoms with Crippen molar-refractivity contribution in [2.75, 3.05) is 19.8 Å². The standard InChI is InChI=1S/C24H28N2O4S/c1-4-28-22-14-18(23(27)25-15-19-16-31-24(26-19)17(2)3)10-11-21(22)30-13-12-29-20-8-6-5-7-9-20/h5-11,14,16-17H,4,12-13,15H2,1-3H3,(H,25,27). The van der Waals surface area contributed by atoms with Crippen LogP contribution >= 0.6 is 11.3 Å². The minimum absolute atomic E-state index is 0.181. The van der Waals surface area contributed by atoms with Gasteiger partial charge in [0.05, 0.1) is 23.9 Å². The van der Waals surface area contributed by atoms with Crippen molar-refractivity contribution >= 4 is 17.2 Å². The highest BCUT2D eigenvalue weighted by molar-refractivity contribution is 7.09. The molecule has 0 aliphatic rings. The SMILES string of the molecule is CCOc1cc(C(=O)NCc2csc(C(C)C)n2)ccc1OCCOc1ccccc1. The molecule has 6 nitrogen and oxygen atoms in total. The minimum Gasteiger partial charge on any atom is -0.490 e. The first-order valence-electron chi connectivity index (χ1n) is 10.4. The van der Waals surface area contributed by atoms with Crippen LogP contribution in [0.3, 0.4) is 0 Å². The lowest BCUT2D eigenvalue weighted by Gasteiger charge is -2.14. The van der Waals surface area contributed by atoms with Crippen LogP contribution < -0.4 is 19.5 Å². The number of thiazole rings is 1. The van der Waals surface area contributed by atoms with Crippen molar-refractivity contribution < 1.29 is 19.0 Å². The highest BCUT2D eigenvalue weighted by Gasteiger charge is 2.13. The lowest BCUT2D eigenvalue weighted by molar-refractivity contribution is 0.0950. The molecule has 3 aromatic rings. The van der Waals surface area contributed by atoms with Gasteiger partial charge in [0.2, 0.25) is 0 Å². The fourth-order valence-electron chi connectivity index (χ4n) is 2.81. The van der Waals surface area contributed by atoms with Gasteiger partial charge < -0.3 is 19.5 Å². The van der Waals surface area contributed by atoms with E-state index in [1.54, 1.807) is 29.5 Å². The first kappa shape index (κ1) is 22.6. The summed E-state index contributed by atoms with van der Waals surface area (Å²) in [7, 11) is 0. The summed E-state index contributed by atoms with van der Waals surface area (Å²) in [5, 5.41) is 5.97. The third-order valence-electron chi connectivity index (χ3n) is 4.35. The van der Waals surface area contributed by atoms with Gasteiger partial charge in [-0.25, -0.2) is 4.98 Å². The van der Waals surface area contributed by atoms with E-state index in [2.05, 4.69) is 24.1 Å². The summed E-state index contributed by atoms with van der Waals surface area (Å²) in [5.74, 6) is 2.11. The molecule has 3 rings (SSSR count). The van der Waals surface area contributed by atoms with Crippen LogP contribution in [0.25, 0.3) is 0 Å². The highest BCUT2D eigenvalue weighted by atomic mass is 32.1. The van der Waals surface area contributed by atoms with E-state index in [4.69, 9.17) is 14.2 Å². The number of carbonyl (C=O) groups is 1. The van der Waals surface area contributed by atoms with Gasteiger partial charge in [0.15, 0.2) is 11.5 Å². The number of hydrogen-bond donors (Lipinski definition) is 1. The van der Waals surface area contributed by atoms with E-state index in [1.165, 1.54) is 0 Å². The maximum Gasteiger partial charge on any atom is 0.251 e. The van der Waals surface area contributed by atoms with E-state index in [1.807, 2.05) is 42.6 Å². The van der Waals surface area contributed by atoms with Gasteiger partial charge >= 0.3 is 0 Å². The quantitative estimate of drug-likeness (QED) is 0.423. The van der Waals surface area contributed by atoms with Gasteiger partial charge in [0.1, 0.15) is 19.0 Å². The first-order chi connectivity index (χ1) is 15.1. The van der Waals surface area contributed by atoms with Crippen molar-refractivity contribution in [3.8, 4) is 17.2 Å². The van der Waals surface area contributed by atoms with Crippen LogP contribution in [0.1, 0.15) is 47.7 Å². The molecule has 0 aliphatic carbocycles. The van der Waals surface area contributed by atoms with Crippen LogP contribution in [0.4, 0.5) is 0 Å². The van der Waals surface area contributed by atoms with Crippen molar-refractivity contribution in [3.05, 3.63) is 70.2 Å². The first-order valence-corrected chi connectivity index (χ1v) is 11.2. The second-order valence-corrected chi connectivity index (χ2v) is 8.01. The number of nitrogens with one attached hydrogen (secondary N) is 1. The van der Waals surface area contributed by atoms with Crippen molar-refractivity contribution in [3.63, 3.8) is 0 Å². The number of benzene rings is 2. The molecule has 0 saturated heterocycles. The molecule has 2 aromatic carbocycles. The number of hydrogen-bond acceptors (Lipinski definition) is 6. The fourth-order valence-corrected chi connectivity index (χ4v) is 3.64. The summed E-state index contributed by atoms with van der Waals surface area (Å²) in [5.41, 5.74) is 1.38. The van der Waals surface area contributed by atoms with Gasteiger partial charge in [-0.2, -0.15) is 0 Å². The molecule has 31 heavy (non-hydrogen) atoms. The second kappa shape index (κ2) is 11.4. The molecule has 0 saturated carbocycles. The van der Waals surface area contributed by atoms with Crippen molar-refractivity contribution in [2.24, 2.45) is 0 Å². The zero-order valence-corrected chi connectivity index (χ0v) is 18.9. The maximum absolute atomic E-state index is 12.6. The molecule has 1 N–H and O–H groups in total. The number of rotatable bonds is 11. The van der Waals surface area contributed by atoms with Crippen molar-refractivity contribution in [1.82, 2.24) is 10.3 Å². The average molecular weight is 441 g/mol. The van der Waals surface area contributed by atoms with Crippen LogP contribution in [0.5, 0.6) is 17.2 Å². The minimum atomic E-state index is -0.181. The molecule has 0 atom stereocenters. The molecule has 7 heteroatoms. The Kier molecular flexibility index (Phi) is 8.29. The van der Waals surface area contributed by atoms with Crippen LogP contribution in [0.2, 0.25) is 0 Å². The summed E-state index contributed by atoms with van der Waals surface area (Å²) >= 11 is 1.61. The van der Waals surface area contributed by atoms with E-state index >= 15 is 0 Å². The number of amides is 1. The van der Waals surface area contributed by atoms with E-state index < -0.39 is 0 Å². The number of nitrogens with zero attached hydrogens (tertiary/aromatic N) is 1. The smallest absolute Gasteiger partial charge is 0.251 e. The predicted octanol–water partition coefficient (Wildman–Crippen LogP) is 5.05. The summed E-state index contributed by atoms with van der Waals surface area (Å²) in [4.78, 5) is 17.1. The highest BCUT2D eigenvalue weighted by Crippen LogP contribution is 2.28. The molecule has 0 fully saturated rings. The van der Waals surface area contributed by atoms with Crippen LogP contribution in [0.15, 0.2) is 53.9 Å². The third kappa shape index (κ3) is 6.72. The molecule has 164 valence electrons. The molecule has 0 bridgehead atoms. The molecular weight excluding hydrogens is 412 g/mol. The van der Waals surface area contributed by atoms with E-state index in [0.29, 0.717) is 49.3 Å². The second-order valence-electron chi connectivity index (χ2n) is 7.12. The molecule has 0 radical (unpaired) electrons. The van der Waals surface area contributed by atoms with Crippen LogP contribution in [0, 0.1) is 0 Å². The Morgan fingerprint density at radius 2 is 1.81 bits per heavy atom. The summed E-state index contributed by atoms with van der Waals surface area (Å²) in [6.07, 6.45) is 0.